The summed E-state index contributed by atoms with van der Waals surface area (Å²) in [5.41, 5.74) is 2.22. The van der Waals surface area contributed by atoms with Crippen LogP contribution in [0.25, 0.3) is 11.4 Å². The Kier molecular flexibility index (Phi) is 4.46. The Morgan fingerprint density at radius 3 is 2.60 bits per heavy atom. The number of H-pyrrole nitrogens is 1. The maximum atomic E-state index is 12.6. The Hall–Kier alpha value is -1.95. The molecule has 0 radical (unpaired) electrons. The van der Waals surface area contributed by atoms with Gasteiger partial charge in [-0.25, -0.2) is 0 Å². The Bertz CT molecular complexity index is 811. The van der Waals surface area contributed by atoms with Crippen LogP contribution in [0.15, 0.2) is 24.3 Å². The molecule has 0 unspecified atom stereocenters. The molecule has 1 aliphatic carbocycles. The molecule has 6 heteroatoms. The molecule has 0 bridgehead atoms. The van der Waals surface area contributed by atoms with E-state index >= 15 is 0 Å². The summed E-state index contributed by atoms with van der Waals surface area (Å²) in [6.45, 7) is 4.53. The van der Waals surface area contributed by atoms with Crippen molar-refractivity contribution in [2.75, 3.05) is 13.1 Å². The third kappa shape index (κ3) is 3.27. The molecule has 1 saturated heterocycles. The van der Waals surface area contributed by atoms with Gasteiger partial charge >= 0.3 is 0 Å². The maximum Gasteiger partial charge on any atom is 0.224 e. The first-order valence-electron chi connectivity index (χ1n) is 9.12. The van der Waals surface area contributed by atoms with E-state index in [1.165, 1.54) is 24.8 Å². The maximum absolute atomic E-state index is 12.6. The molecule has 1 N–H and O–H groups in total. The van der Waals surface area contributed by atoms with Crippen LogP contribution in [-0.2, 0) is 11.3 Å². The van der Waals surface area contributed by atoms with E-state index in [0.29, 0.717) is 17.7 Å². The highest BCUT2D eigenvalue weighted by Crippen LogP contribution is 2.37. The van der Waals surface area contributed by atoms with Crippen molar-refractivity contribution in [3.05, 3.63) is 34.6 Å². The summed E-state index contributed by atoms with van der Waals surface area (Å²) in [5, 5.41) is 7.23. The van der Waals surface area contributed by atoms with Gasteiger partial charge < -0.3 is 4.90 Å². The molecule has 1 saturated carbocycles. The molecule has 2 heterocycles. The summed E-state index contributed by atoms with van der Waals surface area (Å²) in [4.78, 5) is 14.7. The van der Waals surface area contributed by atoms with E-state index < -0.39 is 0 Å². The molecule has 0 spiro atoms. The number of nitrogens with one attached hydrogen (secondary N) is 1. The largest absolute Gasteiger partial charge is 0.342 e. The van der Waals surface area contributed by atoms with Crippen LogP contribution in [0, 0.1) is 23.5 Å². The summed E-state index contributed by atoms with van der Waals surface area (Å²) in [5.74, 6) is 2.52. The normalized spacial score (nSPS) is 22.4. The highest BCUT2D eigenvalue weighted by molar-refractivity contribution is 7.71. The highest BCUT2D eigenvalue weighted by atomic mass is 32.1. The van der Waals surface area contributed by atoms with Gasteiger partial charge in [-0.15, -0.1) is 0 Å². The first-order chi connectivity index (χ1) is 12.1. The van der Waals surface area contributed by atoms with Crippen LogP contribution in [0.1, 0.15) is 31.2 Å². The van der Waals surface area contributed by atoms with Gasteiger partial charge in [0.25, 0.3) is 0 Å². The fourth-order valence-corrected chi connectivity index (χ4v) is 4.48. The number of fused-ring (bicyclic) bond motifs is 1. The van der Waals surface area contributed by atoms with E-state index in [-0.39, 0.29) is 5.91 Å². The summed E-state index contributed by atoms with van der Waals surface area (Å²) < 4.78 is 2.51. The van der Waals surface area contributed by atoms with Crippen molar-refractivity contribution in [2.24, 2.45) is 11.8 Å². The van der Waals surface area contributed by atoms with E-state index in [2.05, 4.69) is 34.2 Å². The zero-order valence-electron chi connectivity index (χ0n) is 14.6. The second kappa shape index (κ2) is 6.75. The third-order valence-corrected chi connectivity index (χ3v) is 6.01. The summed E-state index contributed by atoms with van der Waals surface area (Å²) in [6, 6.07) is 8.21. The van der Waals surface area contributed by atoms with Gasteiger partial charge in [0.1, 0.15) is 0 Å². The first kappa shape index (κ1) is 16.5. The Morgan fingerprint density at radius 2 is 1.92 bits per heavy atom. The van der Waals surface area contributed by atoms with E-state index in [1.807, 2.05) is 16.7 Å². The van der Waals surface area contributed by atoms with Gasteiger partial charge in [0, 0.05) is 31.6 Å². The molecule has 132 valence electrons. The lowest BCUT2D eigenvalue weighted by molar-refractivity contribution is -0.130. The number of nitrogens with zero attached hydrogens (tertiary/aromatic N) is 3. The second-order valence-corrected chi connectivity index (χ2v) is 7.76. The number of likely N-dealkylation sites (tertiary alicyclic amines) is 1. The standard InChI is InChI=1S/C19H24N4OS/c1-13-5-7-14(8-6-13)18-20-21-19(25)23(18)10-9-17(24)22-11-15-3-2-4-16(15)12-22/h5-8,15-16H,2-4,9-12H2,1H3,(H,21,25)/t15-,16-/m1/s1. The lowest BCUT2D eigenvalue weighted by Crippen LogP contribution is -2.30. The van der Waals surface area contributed by atoms with Crippen molar-refractivity contribution in [1.29, 1.82) is 0 Å². The van der Waals surface area contributed by atoms with Gasteiger partial charge in [0.2, 0.25) is 5.91 Å². The van der Waals surface area contributed by atoms with Crippen LogP contribution < -0.4 is 0 Å². The van der Waals surface area contributed by atoms with Gasteiger partial charge in [0.05, 0.1) is 0 Å². The third-order valence-electron chi connectivity index (χ3n) is 5.70. The Labute approximate surface area is 153 Å². The fraction of sp³-hybridized carbons (Fsp3) is 0.526. The Morgan fingerprint density at radius 1 is 1.24 bits per heavy atom. The smallest absolute Gasteiger partial charge is 0.224 e. The molecule has 1 aliphatic heterocycles. The molecular formula is C19H24N4OS. The predicted octanol–water partition coefficient (Wildman–Crippen LogP) is 3.56. The number of hydrogen-bond acceptors (Lipinski definition) is 3. The monoisotopic (exact) mass is 356 g/mol. The van der Waals surface area contributed by atoms with Crippen LogP contribution >= 0.6 is 12.2 Å². The number of aromatic nitrogens is 3. The molecule has 2 fully saturated rings. The van der Waals surface area contributed by atoms with Crippen LogP contribution in [0.5, 0.6) is 0 Å². The molecule has 2 aliphatic rings. The van der Waals surface area contributed by atoms with Crippen LogP contribution in [0.3, 0.4) is 0 Å². The van der Waals surface area contributed by atoms with Crippen molar-refractivity contribution in [2.45, 2.75) is 39.2 Å². The van der Waals surface area contributed by atoms with Gasteiger partial charge in [0.15, 0.2) is 10.6 Å². The molecule has 2 atom stereocenters. The number of carbonyl (C=O) groups is 1. The zero-order valence-corrected chi connectivity index (χ0v) is 15.4. The van der Waals surface area contributed by atoms with E-state index in [9.17, 15) is 4.79 Å². The molecule has 25 heavy (non-hydrogen) atoms. The minimum absolute atomic E-state index is 0.243. The molecular weight excluding hydrogens is 332 g/mol. The predicted molar refractivity (Wildman–Crippen MR) is 99.6 cm³/mol. The van der Waals surface area contributed by atoms with Crippen LogP contribution in [0.4, 0.5) is 0 Å². The van der Waals surface area contributed by atoms with Gasteiger partial charge in [-0.3, -0.25) is 14.5 Å². The number of amides is 1. The average molecular weight is 356 g/mol. The van der Waals surface area contributed by atoms with Gasteiger partial charge in [-0.2, -0.15) is 5.10 Å². The second-order valence-electron chi connectivity index (χ2n) is 7.37. The number of rotatable bonds is 4. The van der Waals surface area contributed by atoms with E-state index in [1.54, 1.807) is 0 Å². The molecule has 1 aromatic heterocycles. The van der Waals surface area contributed by atoms with Crippen LogP contribution in [-0.4, -0.2) is 38.7 Å². The summed E-state index contributed by atoms with van der Waals surface area (Å²) in [6.07, 6.45) is 4.39. The van der Waals surface area contributed by atoms with Crippen LogP contribution in [0.2, 0.25) is 0 Å². The Balaban J connectivity index is 1.44. The molecule has 1 amide bonds. The average Bonchev–Trinajstić information content (AvgIpc) is 3.28. The fourth-order valence-electron chi connectivity index (χ4n) is 4.25. The minimum atomic E-state index is 0.243. The molecule has 4 rings (SSSR count). The summed E-state index contributed by atoms with van der Waals surface area (Å²) >= 11 is 5.37. The first-order valence-corrected chi connectivity index (χ1v) is 9.52. The van der Waals surface area contributed by atoms with Gasteiger partial charge in [-0.05, 0) is 43.8 Å². The van der Waals surface area contributed by atoms with Gasteiger partial charge in [-0.1, -0.05) is 36.2 Å². The number of aryl methyl sites for hydroxylation is 1. The van der Waals surface area contributed by atoms with Crippen molar-refractivity contribution < 1.29 is 4.79 Å². The van der Waals surface area contributed by atoms with Crippen molar-refractivity contribution in [3.8, 4) is 11.4 Å². The van der Waals surface area contributed by atoms with Crippen molar-refractivity contribution in [1.82, 2.24) is 19.7 Å². The molecule has 5 nitrogen and oxygen atoms in total. The summed E-state index contributed by atoms with van der Waals surface area (Å²) in [7, 11) is 0. The number of hydrogen-bond donors (Lipinski definition) is 1. The number of benzene rings is 1. The van der Waals surface area contributed by atoms with Crippen molar-refractivity contribution in [3.63, 3.8) is 0 Å². The molecule has 2 aromatic rings. The topological polar surface area (TPSA) is 53.9 Å². The molecule has 1 aromatic carbocycles. The lowest BCUT2D eigenvalue weighted by Gasteiger charge is -2.17. The number of aromatic amines is 1. The SMILES string of the molecule is Cc1ccc(-c2n[nH]c(=S)n2CCC(=O)N2C[C@H]3CCC[C@@H]3C2)cc1. The lowest BCUT2D eigenvalue weighted by atomic mass is 10.0. The zero-order chi connectivity index (χ0) is 17.4. The number of carbonyl (C=O) groups excluding carboxylic acids is 1. The van der Waals surface area contributed by atoms with E-state index in [4.69, 9.17) is 12.2 Å². The van der Waals surface area contributed by atoms with E-state index in [0.717, 1.165) is 36.3 Å². The quantitative estimate of drug-likeness (QED) is 0.852. The highest BCUT2D eigenvalue weighted by Gasteiger charge is 2.37. The minimum Gasteiger partial charge on any atom is -0.342 e. The van der Waals surface area contributed by atoms with Crippen molar-refractivity contribution >= 4 is 18.1 Å².